The lowest BCUT2D eigenvalue weighted by Gasteiger charge is -2.28. The molecule has 222 valence electrons. The van der Waals surface area contributed by atoms with Crippen molar-refractivity contribution in [1.29, 1.82) is 5.26 Å². The number of rotatable bonds is 12. The zero-order valence-electron chi connectivity index (χ0n) is 25.9. The molecule has 0 heterocycles. The smallest absolute Gasteiger partial charge is 0.140 e. The zero-order valence-corrected chi connectivity index (χ0v) is 27.5. The maximum atomic E-state index is 9.95. The van der Waals surface area contributed by atoms with Gasteiger partial charge in [-0.25, -0.2) is 4.99 Å². The van der Waals surface area contributed by atoms with Gasteiger partial charge in [-0.05, 0) is 78.3 Å². The number of aliphatic imine (C=N–C) groups is 1. The topological polar surface area (TPSA) is 60.6 Å². The largest absolute Gasteiger partial charge is 0.491 e. The highest BCUT2D eigenvalue weighted by molar-refractivity contribution is 7.77. The summed E-state index contributed by atoms with van der Waals surface area (Å²) < 4.78 is 7.49. The Morgan fingerprint density at radius 1 is 1.07 bits per heavy atom. The van der Waals surface area contributed by atoms with Crippen LogP contribution in [0, 0.1) is 11.3 Å². The maximum Gasteiger partial charge on any atom is 0.140 e. The lowest BCUT2D eigenvalue weighted by Crippen LogP contribution is -2.30. The Morgan fingerprint density at radius 3 is 2.36 bits per heavy atom. The fourth-order valence-corrected chi connectivity index (χ4v) is 5.35. The van der Waals surface area contributed by atoms with Gasteiger partial charge < -0.3 is 4.74 Å². The van der Waals surface area contributed by atoms with E-state index in [1.807, 2.05) is 20.0 Å². The molecule has 0 aliphatic heterocycles. The van der Waals surface area contributed by atoms with Gasteiger partial charge in [0.15, 0.2) is 0 Å². The Morgan fingerprint density at radius 2 is 1.76 bits per heavy atom. The summed E-state index contributed by atoms with van der Waals surface area (Å²) in [5.74, 6) is 1.80. The van der Waals surface area contributed by atoms with E-state index in [9.17, 15) is 5.26 Å². The molecule has 0 aliphatic carbocycles. The average molecular weight is 603 g/mol. The fraction of sp³-hybridized carbons (Fsp3) is 0.371. The normalized spacial score (nSPS) is 12.4. The number of hydrogen-bond acceptors (Lipinski definition) is 5. The lowest BCUT2D eigenvalue weighted by molar-refractivity contribution is 0.337. The minimum Gasteiger partial charge on any atom is -0.491 e. The predicted molar refractivity (Wildman–Crippen MR) is 182 cm³/mol. The van der Waals surface area contributed by atoms with Crippen LogP contribution in [0.25, 0.3) is 16.7 Å². The van der Waals surface area contributed by atoms with Crippen LogP contribution >= 0.6 is 24.4 Å². The minimum absolute atomic E-state index is 0.313. The third-order valence-corrected chi connectivity index (χ3v) is 7.59. The molecular formula is C35H43ClN4OS. The second-order valence-electron chi connectivity index (χ2n) is 11.0. The molecule has 3 rings (SSSR count). The standard InChI is InChI=1S/C35H43ClN4OS/c1-8-10-24(3)32-22-27(14-17-33(32)38-25(4)39-40(7)42)26-12-15-30(16-13-26)35(5,6)31-20-28(11-9-2)34(41-19-18-36)29(21-31)23-37/h10,12-17,20-22,42H,8-9,11,18-19H2,1-7H3,(H,38,39)/b24-10+. The Balaban J connectivity index is 2.01. The summed E-state index contributed by atoms with van der Waals surface area (Å²) in [7, 11) is 1.82. The molecule has 0 saturated heterocycles. The van der Waals surface area contributed by atoms with E-state index in [0.717, 1.165) is 58.6 Å². The molecule has 5 nitrogen and oxygen atoms in total. The number of nitrogens with one attached hydrogen (secondary N) is 1. The summed E-state index contributed by atoms with van der Waals surface area (Å²) in [4.78, 5) is 4.81. The number of halogens is 1. The van der Waals surface area contributed by atoms with E-state index >= 15 is 0 Å². The monoisotopic (exact) mass is 602 g/mol. The van der Waals surface area contributed by atoms with Crippen LogP contribution in [0.5, 0.6) is 5.75 Å². The first-order chi connectivity index (χ1) is 20.0. The molecule has 3 aromatic carbocycles. The van der Waals surface area contributed by atoms with Crippen molar-refractivity contribution in [3.8, 4) is 22.9 Å². The van der Waals surface area contributed by atoms with Gasteiger partial charge in [-0.2, -0.15) is 9.68 Å². The molecule has 3 aromatic rings. The quantitative estimate of drug-likeness (QED) is 0.0713. The summed E-state index contributed by atoms with van der Waals surface area (Å²) >= 11 is 10.1. The van der Waals surface area contributed by atoms with Gasteiger partial charge in [0, 0.05) is 18.0 Å². The van der Waals surface area contributed by atoms with E-state index in [2.05, 4.69) is 114 Å². The third-order valence-electron chi connectivity index (χ3n) is 7.33. The fourth-order valence-electron chi connectivity index (χ4n) is 5.13. The number of hydrogen-bond donors (Lipinski definition) is 2. The number of nitrogens with zero attached hydrogens (tertiary/aromatic N) is 3. The number of alkyl halides is 1. The van der Waals surface area contributed by atoms with Crippen molar-refractivity contribution in [3.63, 3.8) is 0 Å². The molecule has 0 amide bonds. The van der Waals surface area contributed by atoms with Gasteiger partial charge in [0.1, 0.15) is 24.3 Å². The zero-order chi connectivity index (χ0) is 30.9. The number of benzene rings is 3. The number of nitriles is 1. The molecule has 0 atom stereocenters. The van der Waals surface area contributed by atoms with Crippen molar-refractivity contribution < 1.29 is 4.74 Å². The predicted octanol–water partition coefficient (Wildman–Crippen LogP) is 9.27. The highest BCUT2D eigenvalue weighted by Crippen LogP contribution is 2.38. The van der Waals surface area contributed by atoms with Gasteiger partial charge in [0.2, 0.25) is 0 Å². The number of allylic oxidation sites excluding steroid dienone is 2. The molecule has 0 spiro atoms. The number of hydrazine groups is 1. The van der Waals surface area contributed by atoms with E-state index in [-0.39, 0.29) is 5.41 Å². The average Bonchev–Trinajstić information content (AvgIpc) is 2.96. The van der Waals surface area contributed by atoms with Crippen LogP contribution in [0.3, 0.4) is 0 Å². The number of amidine groups is 1. The molecule has 0 fully saturated rings. The molecule has 0 bridgehead atoms. The van der Waals surface area contributed by atoms with Crippen molar-refractivity contribution in [2.24, 2.45) is 4.99 Å². The van der Waals surface area contributed by atoms with Crippen molar-refractivity contribution in [2.75, 3.05) is 19.5 Å². The van der Waals surface area contributed by atoms with E-state index in [4.69, 9.17) is 21.3 Å². The SMILES string of the molecule is CC/C=C(\C)c1cc(-c2ccc(C(C)(C)c3cc(C#N)c(OCCCl)c(CCC)c3)cc2)ccc1N=C(C)NN(C)S. The Kier molecular flexibility index (Phi) is 12.1. The van der Waals surface area contributed by atoms with Crippen LogP contribution < -0.4 is 10.2 Å². The summed E-state index contributed by atoms with van der Waals surface area (Å²) in [5, 5.41) is 9.95. The van der Waals surface area contributed by atoms with Crippen LogP contribution in [-0.4, -0.2) is 29.8 Å². The molecule has 0 radical (unpaired) electrons. The number of aryl methyl sites for hydroxylation is 1. The summed E-state index contributed by atoms with van der Waals surface area (Å²) in [6.07, 6.45) is 4.98. The molecule has 42 heavy (non-hydrogen) atoms. The van der Waals surface area contributed by atoms with Crippen molar-refractivity contribution in [3.05, 3.63) is 88.5 Å². The van der Waals surface area contributed by atoms with Crippen molar-refractivity contribution in [1.82, 2.24) is 9.84 Å². The van der Waals surface area contributed by atoms with Gasteiger partial charge in [-0.15, -0.1) is 11.6 Å². The third kappa shape index (κ3) is 8.19. The molecule has 0 saturated carbocycles. The van der Waals surface area contributed by atoms with E-state index < -0.39 is 0 Å². The second-order valence-corrected chi connectivity index (χ2v) is 12.0. The first-order valence-electron chi connectivity index (χ1n) is 14.5. The highest BCUT2D eigenvalue weighted by atomic mass is 35.5. The molecule has 1 N–H and O–H groups in total. The molecule has 0 unspecified atom stereocenters. The van der Waals surface area contributed by atoms with Gasteiger partial charge in [-0.1, -0.05) is 89.4 Å². The van der Waals surface area contributed by atoms with Crippen molar-refractivity contribution >= 4 is 41.5 Å². The molecule has 0 aromatic heterocycles. The van der Waals surface area contributed by atoms with E-state index in [1.54, 1.807) is 4.41 Å². The summed E-state index contributed by atoms with van der Waals surface area (Å²) in [6, 6.07) is 21.7. The Bertz CT molecular complexity index is 1470. The first-order valence-corrected chi connectivity index (χ1v) is 15.4. The van der Waals surface area contributed by atoms with E-state index in [0.29, 0.717) is 23.8 Å². The maximum absolute atomic E-state index is 9.95. The van der Waals surface area contributed by atoms with Gasteiger partial charge in [0.25, 0.3) is 0 Å². The Hall–Kier alpha value is -3.24. The minimum atomic E-state index is -0.313. The lowest BCUT2D eigenvalue weighted by atomic mass is 9.76. The second kappa shape index (κ2) is 15.3. The molecule has 7 heteroatoms. The van der Waals surface area contributed by atoms with Crippen molar-refractivity contribution in [2.45, 2.75) is 66.2 Å². The summed E-state index contributed by atoms with van der Waals surface area (Å²) in [5.41, 5.74) is 12.1. The van der Waals surface area contributed by atoms with Crippen LogP contribution in [-0.2, 0) is 11.8 Å². The van der Waals surface area contributed by atoms with E-state index in [1.165, 1.54) is 11.1 Å². The highest BCUT2D eigenvalue weighted by Gasteiger charge is 2.26. The number of thiol groups is 1. The van der Waals surface area contributed by atoms with Crippen LogP contribution in [0.15, 0.2) is 65.7 Å². The van der Waals surface area contributed by atoms with Crippen LogP contribution in [0.4, 0.5) is 5.69 Å². The van der Waals surface area contributed by atoms with Gasteiger partial charge >= 0.3 is 0 Å². The Labute approximate surface area is 262 Å². The van der Waals surface area contributed by atoms with Crippen LogP contribution in [0.2, 0.25) is 0 Å². The van der Waals surface area contributed by atoms with Crippen LogP contribution in [0.1, 0.15) is 82.2 Å². The number of ether oxygens (including phenoxy) is 1. The molecule has 0 aliphatic rings. The first kappa shape index (κ1) is 33.3. The van der Waals surface area contributed by atoms with Gasteiger partial charge in [-0.3, -0.25) is 5.43 Å². The van der Waals surface area contributed by atoms with Gasteiger partial charge in [0.05, 0.1) is 17.1 Å². The summed E-state index contributed by atoms with van der Waals surface area (Å²) in [6.45, 7) is 13.1. The molecular weight excluding hydrogens is 560 g/mol.